The van der Waals surface area contributed by atoms with Crippen LogP contribution in [0.15, 0.2) is 18.2 Å². The molecule has 5 nitrogen and oxygen atoms in total. The largest absolute Gasteiger partial charge is 0.497 e. The van der Waals surface area contributed by atoms with Crippen LogP contribution in [0.4, 0.5) is 0 Å². The molecule has 0 aliphatic rings. The lowest BCUT2D eigenvalue weighted by atomic mass is 10.2. The van der Waals surface area contributed by atoms with Crippen molar-refractivity contribution in [2.75, 3.05) is 14.2 Å². The molecule has 5 heteroatoms. The molecule has 96 valence electrons. The van der Waals surface area contributed by atoms with Crippen molar-refractivity contribution in [3.05, 3.63) is 29.6 Å². The summed E-state index contributed by atoms with van der Waals surface area (Å²) in [5.74, 6) is 2.22. The van der Waals surface area contributed by atoms with E-state index in [1.54, 1.807) is 14.2 Å². The topological polar surface area (TPSA) is 73.2 Å². The Morgan fingerprint density at radius 3 is 2.61 bits per heavy atom. The monoisotopic (exact) mass is 247 g/mol. The van der Waals surface area contributed by atoms with E-state index in [0.717, 1.165) is 28.5 Å². The number of methoxy groups -OCH3 is 2. The van der Waals surface area contributed by atoms with Crippen LogP contribution in [0.25, 0.3) is 11.4 Å². The third-order valence-electron chi connectivity index (χ3n) is 2.84. The van der Waals surface area contributed by atoms with Crippen LogP contribution in [0.1, 0.15) is 11.4 Å². The average molecular weight is 247 g/mol. The number of benzene rings is 1. The van der Waals surface area contributed by atoms with E-state index >= 15 is 0 Å². The highest BCUT2D eigenvalue weighted by Gasteiger charge is 2.12. The van der Waals surface area contributed by atoms with Gasteiger partial charge >= 0.3 is 0 Å². The third kappa shape index (κ3) is 2.17. The average Bonchev–Trinajstić information content (AvgIpc) is 2.79. The Morgan fingerprint density at radius 2 is 2.06 bits per heavy atom. The van der Waals surface area contributed by atoms with E-state index in [1.165, 1.54) is 0 Å². The molecule has 0 unspecified atom stereocenters. The standard InChI is InChI=1S/C13H17N3O2/c1-8-11(7-14)16-13(15-8)10-5-4-9(17-2)6-12(10)18-3/h4-6H,7,14H2,1-3H3,(H,15,16). The van der Waals surface area contributed by atoms with E-state index in [2.05, 4.69) is 9.97 Å². The number of ether oxygens (including phenoxy) is 2. The molecule has 1 aromatic carbocycles. The van der Waals surface area contributed by atoms with Gasteiger partial charge in [-0.15, -0.1) is 0 Å². The summed E-state index contributed by atoms with van der Waals surface area (Å²) in [6.45, 7) is 2.37. The summed E-state index contributed by atoms with van der Waals surface area (Å²) >= 11 is 0. The van der Waals surface area contributed by atoms with Crippen molar-refractivity contribution in [1.82, 2.24) is 9.97 Å². The number of nitrogens with zero attached hydrogens (tertiary/aromatic N) is 1. The first kappa shape index (κ1) is 12.4. The van der Waals surface area contributed by atoms with Gasteiger partial charge in [-0.2, -0.15) is 0 Å². The number of aromatic nitrogens is 2. The van der Waals surface area contributed by atoms with E-state index in [-0.39, 0.29) is 0 Å². The molecule has 0 bridgehead atoms. The number of rotatable bonds is 4. The van der Waals surface area contributed by atoms with Gasteiger partial charge in [-0.3, -0.25) is 0 Å². The number of aromatic amines is 1. The molecule has 2 rings (SSSR count). The number of aryl methyl sites for hydroxylation is 1. The maximum atomic E-state index is 5.62. The second kappa shape index (κ2) is 5.10. The molecule has 0 aliphatic carbocycles. The van der Waals surface area contributed by atoms with Crippen molar-refractivity contribution < 1.29 is 9.47 Å². The predicted octanol–water partition coefficient (Wildman–Crippen LogP) is 1.86. The smallest absolute Gasteiger partial charge is 0.141 e. The fourth-order valence-corrected chi connectivity index (χ4v) is 1.82. The van der Waals surface area contributed by atoms with Gasteiger partial charge in [0.2, 0.25) is 0 Å². The highest BCUT2D eigenvalue weighted by molar-refractivity contribution is 5.66. The number of hydrogen-bond donors (Lipinski definition) is 2. The minimum absolute atomic E-state index is 0.417. The highest BCUT2D eigenvalue weighted by atomic mass is 16.5. The summed E-state index contributed by atoms with van der Waals surface area (Å²) in [7, 11) is 3.25. The van der Waals surface area contributed by atoms with Crippen LogP contribution < -0.4 is 15.2 Å². The van der Waals surface area contributed by atoms with Gasteiger partial charge in [-0.05, 0) is 19.1 Å². The zero-order valence-electron chi connectivity index (χ0n) is 10.8. The zero-order chi connectivity index (χ0) is 13.1. The number of nitrogens with one attached hydrogen (secondary N) is 1. The number of nitrogens with two attached hydrogens (primary N) is 1. The Hall–Kier alpha value is -2.01. The molecule has 1 aromatic heterocycles. The van der Waals surface area contributed by atoms with Gasteiger partial charge in [0.15, 0.2) is 0 Å². The molecule has 3 N–H and O–H groups in total. The summed E-state index contributed by atoms with van der Waals surface area (Å²) < 4.78 is 10.5. The van der Waals surface area contributed by atoms with Gasteiger partial charge in [0, 0.05) is 18.3 Å². The molecule has 0 saturated carbocycles. The quantitative estimate of drug-likeness (QED) is 0.865. The maximum absolute atomic E-state index is 5.62. The van der Waals surface area contributed by atoms with Crippen LogP contribution in [-0.2, 0) is 6.54 Å². The Labute approximate surface area is 106 Å². The van der Waals surface area contributed by atoms with Gasteiger partial charge < -0.3 is 20.2 Å². The maximum Gasteiger partial charge on any atom is 0.141 e. The molecule has 0 saturated heterocycles. The minimum Gasteiger partial charge on any atom is -0.497 e. The fourth-order valence-electron chi connectivity index (χ4n) is 1.82. The molecule has 0 radical (unpaired) electrons. The van der Waals surface area contributed by atoms with E-state index < -0.39 is 0 Å². The van der Waals surface area contributed by atoms with E-state index in [1.807, 2.05) is 25.1 Å². The number of imidazole rings is 1. The lowest BCUT2D eigenvalue weighted by molar-refractivity contribution is 0.395. The lowest BCUT2D eigenvalue weighted by Crippen LogP contribution is -1.98. The van der Waals surface area contributed by atoms with Gasteiger partial charge in [-0.1, -0.05) is 0 Å². The van der Waals surface area contributed by atoms with Crippen molar-refractivity contribution in [2.24, 2.45) is 5.73 Å². The predicted molar refractivity (Wildman–Crippen MR) is 69.8 cm³/mol. The highest BCUT2D eigenvalue weighted by Crippen LogP contribution is 2.32. The van der Waals surface area contributed by atoms with Crippen LogP contribution in [0.3, 0.4) is 0 Å². The Bertz CT molecular complexity index is 549. The molecule has 0 fully saturated rings. The zero-order valence-corrected chi connectivity index (χ0v) is 10.8. The lowest BCUT2D eigenvalue weighted by Gasteiger charge is -2.08. The molecule has 0 aliphatic heterocycles. The van der Waals surface area contributed by atoms with Crippen molar-refractivity contribution >= 4 is 0 Å². The third-order valence-corrected chi connectivity index (χ3v) is 2.84. The van der Waals surface area contributed by atoms with Gasteiger partial charge in [0.05, 0.1) is 25.5 Å². The summed E-state index contributed by atoms with van der Waals surface area (Å²) in [5, 5.41) is 0. The van der Waals surface area contributed by atoms with Crippen LogP contribution in [0.2, 0.25) is 0 Å². The second-order valence-corrected chi connectivity index (χ2v) is 3.93. The summed E-state index contributed by atoms with van der Waals surface area (Å²) in [4.78, 5) is 7.67. The summed E-state index contributed by atoms with van der Waals surface area (Å²) in [5.41, 5.74) is 8.36. The molecule has 2 aromatic rings. The molecule has 18 heavy (non-hydrogen) atoms. The normalized spacial score (nSPS) is 10.4. The Balaban J connectivity index is 2.48. The van der Waals surface area contributed by atoms with Gasteiger partial charge in [-0.25, -0.2) is 4.98 Å². The Kier molecular flexibility index (Phi) is 3.53. The first-order chi connectivity index (χ1) is 8.69. The van der Waals surface area contributed by atoms with E-state index in [0.29, 0.717) is 12.3 Å². The minimum atomic E-state index is 0.417. The Morgan fingerprint density at radius 1 is 1.28 bits per heavy atom. The first-order valence-electron chi connectivity index (χ1n) is 5.67. The van der Waals surface area contributed by atoms with Crippen molar-refractivity contribution in [2.45, 2.75) is 13.5 Å². The van der Waals surface area contributed by atoms with Gasteiger partial charge in [0.1, 0.15) is 17.3 Å². The van der Waals surface area contributed by atoms with Crippen LogP contribution in [-0.4, -0.2) is 24.2 Å². The first-order valence-corrected chi connectivity index (χ1v) is 5.67. The summed E-state index contributed by atoms with van der Waals surface area (Å²) in [6.07, 6.45) is 0. The van der Waals surface area contributed by atoms with E-state index in [4.69, 9.17) is 15.2 Å². The summed E-state index contributed by atoms with van der Waals surface area (Å²) in [6, 6.07) is 5.61. The molecular weight excluding hydrogens is 230 g/mol. The number of hydrogen-bond acceptors (Lipinski definition) is 4. The molecule has 0 spiro atoms. The van der Waals surface area contributed by atoms with Gasteiger partial charge in [0.25, 0.3) is 0 Å². The van der Waals surface area contributed by atoms with Crippen molar-refractivity contribution in [1.29, 1.82) is 0 Å². The van der Waals surface area contributed by atoms with Crippen molar-refractivity contribution in [3.8, 4) is 22.9 Å². The van der Waals surface area contributed by atoms with E-state index in [9.17, 15) is 0 Å². The SMILES string of the molecule is COc1ccc(-c2nc(CN)c(C)[nH]2)c(OC)c1. The molecular formula is C13H17N3O2. The van der Waals surface area contributed by atoms with Crippen LogP contribution in [0.5, 0.6) is 11.5 Å². The molecule has 0 atom stereocenters. The van der Waals surface area contributed by atoms with Crippen LogP contribution in [0, 0.1) is 6.92 Å². The molecule has 0 amide bonds. The van der Waals surface area contributed by atoms with Crippen molar-refractivity contribution in [3.63, 3.8) is 0 Å². The number of H-pyrrole nitrogens is 1. The second-order valence-electron chi connectivity index (χ2n) is 3.93. The fraction of sp³-hybridized carbons (Fsp3) is 0.308. The van der Waals surface area contributed by atoms with Crippen LogP contribution >= 0.6 is 0 Å². The molecule has 1 heterocycles.